The van der Waals surface area contributed by atoms with Gasteiger partial charge in [0, 0.05) is 11.1 Å². The average Bonchev–Trinajstić information content (AvgIpc) is 2.97. The van der Waals surface area contributed by atoms with Gasteiger partial charge in [0.1, 0.15) is 5.75 Å². The summed E-state index contributed by atoms with van der Waals surface area (Å²) in [5.41, 5.74) is 4.66. The Balaban J connectivity index is 1.41. The van der Waals surface area contributed by atoms with Crippen molar-refractivity contribution in [2.75, 3.05) is 6.61 Å². The lowest BCUT2D eigenvalue weighted by molar-refractivity contribution is 0.0894. The van der Waals surface area contributed by atoms with E-state index in [9.17, 15) is 9.59 Å². The maximum Gasteiger partial charge on any atom is 0.170 e. The Kier molecular flexibility index (Phi) is 13.5. The number of ether oxygens (including phenoxy) is 1. The lowest BCUT2D eigenvalue weighted by atomic mass is 9.97. The minimum Gasteiger partial charge on any atom is -0.494 e. The van der Waals surface area contributed by atoms with Crippen molar-refractivity contribution in [2.24, 2.45) is 0 Å². The van der Waals surface area contributed by atoms with Gasteiger partial charge in [0.2, 0.25) is 0 Å². The van der Waals surface area contributed by atoms with Crippen molar-refractivity contribution < 1.29 is 14.3 Å². The third-order valence-electron chi connectivity index (χ3n) is 7.26. The van der Waals surface area contributed by atoms with Crippen LogP contribution in [-0.4, -0.2) is 18.2 Å². The first-order valence-electron chi connectivity index (χ1n) is 15.1. The van der Waals surface area contributed by atoms with Crippen LogP contribution < -0.4 is 4.74 Å². The van der Waals surface area contributed by atoms with Crippen molar-refractivity contribution in [1.29, 1.82) is 0 Å². The summed E-state index contributed by atoms with van der Waals surface area (Å²) in [5.74, 6) is 0.302. The van der Waals surface area contributed by atoms with Crippen molar-refractivity contribution in [2.45, 2.75) is 97.3 Å². The number of carbonyl (C=O) groups excluding carboxylic acids is 2. The number of aryl methyl sites for hydroxylation is 1. The van der Waals surface area contributed by atoms with Crippen LogP contribution in [0.2, 0.25) is 0 Å². The largest absolute Gasteiger partial charge is 0.494 e. The molecular formula is C36H46O3. The third kappa shape index (κ3) is 10.8. The Hall–Kier alpha value is -3.20. The number of rotatable bonds is 19. The van der Waals surface area contributed by atoms with E-state index in [2.05, 4.69) is 31.2 Å². The standard InChI is InChI=1S/C36H46O3/c1-3-5-6-7-8-9-10-11-12-13-15-29-18-20-30(21-19-29)31-22-24-32(25-23-31)35(37)28-36(38)33-16-14-17-34(27-33)39-26-4-2/h14,16-25,27H,3-13,15,26,28H2,1-2H3. The van der Waals surface area contributed by atoms with Gasteiger partial charge in [-0.2, -0.15) is 0 Å². The monoisotopic (exact) mass is 526 g/mol. The first-order valence-corrected chi connectivity index (χ1v) is 15.1. The Morgan fingerprint density at radius 1 is 0.590 bits per heavy atom. The van der Waals surface area contributed by atoms with Crippen LogP contribution in [0.1, 0.15) is 117 Å². The normalized spacial score (nSPS) is 10.9. The molecule has 3 aromatic rings. The zero-order valence-corrected chi connectivity index (χ0v) is 24.1. The molecule has 0 radical (unpaired) electrons. The molecular weight excluding hydrogens is 480 g/mol. The van der Waals surface area contributed by atoms with E-state index >= 15 is 0 Å². The second kappa shape index (κ2) is 17.4. The van der Waals surface area contributed by atoms with Crippen LogP contribution in [0.3, 0.4) is 0 Å². The van der Waals surface area contributed by atoms with Crippen LogP contribution in [0.5, 0.6) is 5.75 Å². The van der Waals surface area contributed by atoms with Gasteiger partial charge >= 0.3 is 0 Å². The Morgan fingerprint density at radius 3 is 1.77 bits per heavy atom. The lowest BCUT2D eigenvalue weighted by Crippen LogP contribution is -2.09. The molecule has 3 rings (SSSR count). The van der Waals surface area contributed by atoms with Crippen LogP contribution in [0.4, 0.5) is 0 Å². The number of unbranched alkanes of at least 4 members (excludes halogenated alkanes) is 9. The van der Waals surface area contributed by atoms with Gasteiger partial charge in [0.15, 0.2) is 11.6 Å². The summed E-state index contributed by atoms with van der Waals surface area (Å²) in [5, 5.41) is 0. The van der Waals surface area contributed by atoms with Gasteiger partial charge in [0.05, 0.1) is 13.0 Å². The number of Topliss-reactive ketones (excluding diaryl/α,β-unsaturated/α-hetero) is 2. The highest BCUT2D eigenvalue weighted by atomic mass is 16.5. The fourth-order valence-electron chi connectivity index (χ4n) is 4.86. The van der Waals surface area contributed by atoms with Crippen LogP contribution in [0, 0.1) is 0 Å². The van der Waals surface area contributed by atoms with Gasteiger partial charge < -0.3 is 4.74 Å². The van der Waals surface area contributed by atoms with Gasteiger partial charge in [-0.05, 0) is 48.1 Å². The lowest BCUT2D eigenvalue weighted by Gasteiger charge is -2.08. The topological polar surface area (TPSA) is 43.4 Å². The molecule has 0 spiro atoms. The highest BCUT2D eigenvalue weighted by Crippen LogP contribution is 2.23. The fourth-order valence-corrected chi connectivity index (χ4v) is 4.86. The summed E-state index contributed by atoms with van der Waals surface area (Å²) in [7, 11) is 0. The second-order valence-electron chi connectivity index (χ2n) is 10.6. The van der Waals surface area contributed by atoms with Gasteiger partial charge in [-0.3, -0.25) is 9.59 Å². The molecule has 0 fully saturated rings. The van der Waals surface area contributed by atoms with Gasteiger partial charge in [-0.15, -0.1) is 0 Å². The van der Waals surface area contributed by atoms with Crippen molar-refractivity contribution in [3.8, 4) is 16.9 Å². The van der Waals surface area contributed by atoms with Crippen molar-refractivity contribution in [3.63, 3.8) is 0 Å². The molecule has 3 nitrogen and oxygen atoms in total. The number of hydrogen-bond acceptors (Lipinski definition) is 3. The molecule has 0 bridgehead atoms. The first-order chi connectivity index (χ1) is 19.1. The van der Waals surface area contributed by atoms with E-state index in [0.717, 1.165) is 24.0 Å². The van der Waals surface area contributed by atoms with E-state index < -0.39 is 0 Å². The van der Waals surface area contributed by atoms with Gasteiger partial charge in [-0.25, -0.2) is 0 Å². The maximum absolute atomic E-state index is 12.8. The van der Waals surface area contributed by atoms with Crippen LogP contribution in [-0.2, 0) is 6.42 Å². The Bertz CT molecular complexity index is 1130. The molecule has 0 heterocycles. The van der Waals surface area contributed by atoms with E-state index in [1.54, 1.807) is 18.2 Å². The molecule has 0 amide bonds. The molecule has 0 saturated carbocycles. The van der Waals surface area contributed by atoms with Crippen molar-refractivity contribution in [3.05, 3.63) is 89.5 Å². The molecule has 39 heavy (non-hydrogen) atoms. The van der Waals surface area contributed by atoms with Crippen LogP contribution in [0.25, 0.3) is 11.1 Å². The van der Waals surface area contributed by atoms with Crippen molar-refractivity contribution in [1.82, 2.24) is 0 Å². The predicted molar refractivity (Wildman–Crippen MR) is 163 cm³/mol. The molecule has 0 saturated heterocycles. The fraction of sp³-hybridized carbons (Fsp3) is 0.444. The molecule has 0 aromatic heterocycles. The number of benzene rings is 3. The minimum absolute atomic E-state index is 0.149. The summed E-state index contributed by atoms with van der Waals surface area (Å²) in [6.07, 6.45) is 15.5. The average molecular weight is 527 g/mol. The SMILES string of the molecule is CCCCCCCCCCCCc1ccc(-c2ccc(C(=O)CC(=O)c3cccc(OCCC)c3)cc2)cc1. The predicted octanol–water partition coefficient (Wildman–Crippen LogP) is 10.1. The minimum atomic E-state index is -0.191. The zero-order chi connectivity index (χ0) is 27.7. The molecule has 0 unspecified atom stereocenters. The molecule has 0 aliphatic heterocycles. The van der Waals surface area contributed by atoms with E-state index in [1.165, 1.54) is 69.8 Å². The molecule has 0 N–H and O–H groups in total. The molecule has 3 aromatic carbocycles. The highest BCUT2D eigenvalue weighted by Gasteiger charge is 2.14. The van der Waals surface area contributed by atoms with Gasteiger partial charge in [-0.1, -0.05) is 132 Å². The van der Waals surface area contributed by atoms with E-state index in [1.807, 2.05) is 37.3 Å². The number of carbonyl (C=O) groups is 2. The van der Waals surface area contributed by atoms with E-state index in [4.69, 9.17) is 4.74 Å². The molecule has 208 valence electrons. The molecule has 0 aliphatic carbocycles. The summed E-state index contributed by atoms with van der Waals surface area (Å²) in [6.45, 7) is 4.91. The summed E-state index contributed by atoms with van der Waals surface area (Å²) in [4.78, 5) is 25.4. The summed E-state index contributed by atoms with van der Waals surface area (Å²) >= 11 is 0. The third-order valence-corrected chi connectivity index (χ3v) is 7.26. The molecule has 3 heteroatoms. The molecule has 0 atom stereocenters. The second-order valence-corrected chi connectivity index (χ2v) is 10.6. The number of hydrogen-bond donors (Lipinski definition) is 0. The maximum atomic E-state index is 12.8. The van der Waals surface area contributed by atoms with Crippen molar-refractivity contribution >= 4 is 11.6 Å². The smallest absolute Gasteiger partial charge is 0.170 e. The highest BCUT2D eigenvalue weighted by molar-refractivity contribution is 6.13. The van der Waals surface area contributed by atoms with E-state index in [-0.39, 0.29) is 18.0 Å². The molecule has 0 aliphatic rings. The van der Waals surface area contributed by atoms with Gasteiger partial charge in [0.25, 0.3) is 0 Å². The van der Waals surface area contributed by atoms with E-state index in [0.29, 0.717) is 23.5 Å². The van der Waals surface area contributed by atoms with Crippen LogP contribution >= 0.6 is 0 Å². The number of ketones is 2. The summed E-state index contributed by atoms with van der Waals surface area (Å²) < 4.78 is 5.61. The Labute approximate surface area is 236 Å². The van der Waals surface area contributed by atoms with Crippen LogP contribution in [0.15, 0.2) is 72.8 Å². The first kappa shape index (κ1) is 30.3. The summed E-state index contributed by atoms with van der Waals surface area (Å²) in [6, 6.07) is 23.4. The Morgan fingerprint density at radius 2 is 1.15 bits per heavy atom. The quantitative estimate of drug-likeness (QED) is 0.0886. The zero-order valence-electron chi connectivity index (χ0n) is 24.1.